The van der Waals surface area contributed by atoms with Gasteiger partial charge in [0.15, 0.2) is 11.4 Å². The molecular formula is C11H8N6O. The zero-order valence-corrected chi connectivity index (χ0v) is 9.40. The van der Waals surface area contributed by atoms with Crippen molar-refractivity contribution in [2.45, 2.75) is 0 Å². The zero-order chi connectivity index (χ0) is 13.5. The molecule has 0 unspecified atom stereocenters. The van der Waals surface area contributed by atoms with Gasteiger partial charge in [-0.05, 0) is 12.1 Å². The van der Waals surface area contributed by atoms with E-state index in [9.17, 15) is 4.79 Å². The third-order valence-corrected chi connectivity index (χ3v) is 1.97. The zero-order valence-electron chi connectivity index (χ0n) is 9.40. The summed E-state index contributed by atoms with van der Waals surface area (Å²) in [5.41, 5.74) is 5.37. The summed E-state index contributed by atoms with van der Waals surface area (Å²) >= 11 is 0. The van der Waals surface area contributed by atoms with Gasteiger partial charge in [-0.1, -0.05) is 0 Å². The van der Waals surface area contributed by atoms with Crippen LogP contribution in [-0.4, -0.2) is 13.1 Å². The van der Waals surface area contributed by atoms with Crippen molar-refractivity contribution >= 4 is 28.8 Å². The lowest BCUT2D eigenvalue weighted by atomic mass is 10.2. The lowest BCUT2D eigenvalue weighted by molar-refractivity contribution is 0.245. The molecule has 7 nitrogen and oxygen atoms in total. The van der Waals surface area contributed by atoms with Crippen LogP contribution in [-0.2, 0) is 0 Å². The Balaban J connectivity index is 3.11. The molecule has 3 N–H and O–H groups in total. The number of urea groups is 1. The Morgan fingerprint density at radius 2 is 1.67 bits per heavy atom. The molecule has 2 amide bonds. The van der Waals surface area contributed by atoms with Gasteiger partial charge in [0.1, 0.15) is 0 Å². The maximum absolute atomic E-state index is 11.0. The van der Waals surface area contributed by atoms with Crippen LogP contribution in [0.2, 0.25) is 0 Å². The highest BCUT2D eigenvalue weighted by molar-refractivity contribution is 5.88. The number of amides is 2. The molecule has 0 radical (unpaired) electrons. The summed E-state index contributed by atoms with van der Waals surface area (Å²) < 4.78 is 0. The number of nitrogens with one attached hydrogen (secondary N) is 3. The van der Waals surface area contributed by atoms with E-state index in [0.29, 0.717) is 5.69 Å². The number of rotatable bonds is 2. The predicted molar refractivity (Wildman–Crippen MR) is 66.4 cm³/mol. The number of hydrogen-bond acceptors (Lipinski definition) is 2. The summed E-state index contributed by atoms with van der Waals surface area (Å²) in [7, 11) is 1.45. The first-order valence-electron chi connectivity index (χ1n) is 4.70. The van der Waals surface area contributed by atoms with E-state index in [1.54, 1.807) is 0 Å². The van der Waals surface area contributed by atoms with Gasteiger partial charge in [0.25, 0.3) is 0 Å². The molecule has 18 heavy (non-hydrogen) atoms. The van der Waals surface area contributed by atoms with Gasteiger partial charge >= 0.3 is 6.03 Å². The molecule has 1 aromatic carbocycles. The van der Waals surface area contributed by atoms with Crippen LogP contribution in [0.3, 0.4) is 0 Å². The SMILES string of the molecule is [C-]#[N+]c1cc(NNC(=O)NC)cc([N+]#[C-])c1[N+]#[C-]. The van der Waals surface area contributed by atoms with Crippen LogP contribution in [0.25, 0.3) is 14.5 Å². The van der Waals surface area contributed by atoms with Crippen molar-refractivity contribution in [2.75, 3.05) is 12.5 Å². The van der Waals surface area contributed by atoms with Crippen LogP contribution in [0.1, 0.15) is 0 Å². The second-order valence-electron chi connectivity index (χ2n) is 3.03. The van der Waals surface area contributed by atoms with E-state index in [0.717, 1.165) is 0 Å². The second-order valence-corrected chi connectivity index (χ2v) is 3.03. The fraction of sp³-hybridized carbons (Fsp3) is 0.0909. The molecule has 88 valence electrons. The van der Waals surface area contributed by atoms with Gasteiger partial charge in [0.2, 0.25) is 5.69 Å². The molecule has 0 aliphatic carbocycles. The van der Waals surface area contributed by atoms with Crippen LogP contribution in [0, 0.1) is 19.7 Å². The minimum Gasteiger partial charge on any atom is -0.340 e. The van der Waals surface area contributed by atoms with Gasteiger partial charge in [-0.2, -0.15) is 0 Å². The molecule has 0 saturated carbocycles. The number of benzene rings is 1. The summed E-state index contributed by atoms with van der Waals surface area (Å²) in [6, 6.07) is 2.33. The number of carbonyl (C=O) groups is 1. The molecule has 0 aromatic heterocycles. The fourth-order valence-electron chi connectivity index (χ4n) is 1.15. The van der Waals surface area contributed by atoms with E-state index in [1.165, 1.54) is 19.2 Å². The van der Waals surface area contributed by atoms with Crippen LogP contribution >= 0.6 is 0 Å². The van der Waals surface area contributed by atoms with Crippen molar-refractivity contribution in [3.05, 3.63) is 46.4 Å². The average Bonchev–Trinajstić information content (AvgIpc) is 2.43. The quantitative estimate of drug-likeness (QED) is 0.549. The third-order valence-electron chi connectivity index (χ3n) is 1.97. The van der Waals surface area contributed by atoms with E-state index in [-0.39, 0.29) is 17.1 Å². The van der Waals surface area contributed by atoms with E-state index in [2.05, 4.69) is 30.7 Å². The van der Waals surface area contributed by atoms with Gasteiger partial charge in [-0.25, -0.2) is 4.79 Å². The lowest BCUT2D eigenvalue weighted by Crippen LogP contribution is -2.36. The smallest absolute Gasteiger partial charge is 0.333 e. The molecule has 1 aromatic rings. The molecule has 0 heterocycles. The predicted octanol–water partition coefficient (Wildman–Crippen LogP) is 2.59. The maximum Gasteiger partial charge on any atom is 0.333 e. The number of anilines is 1. The molecule has 7 heteroatoms. The summed E-state index contributed by atoms with van der Waals surface area (Å²) in [6.45, 7) is 20.9. The first kappa shape index (κ1) is 12.8. The Labute approximate surface area is 104 Å². The van der Waals surface area contributed by atoms with Gasteiger partial charge in [0, 0.05) is 12.7 Å². The van der Waals surface area contributed by atoms with Crippen molar-refractivity contribution in [3.8, 4) is 0 Å². The van der Waals surface area contributed by atoms with Crippen molar-refractivity contribution in [1.29, 1.82) is 0 Å². The van der Waals surface area contributed by atoms with E-state index in [1.807, 2.05) is 0 Å². The molecule has 0 spiro atoms. The number of carbonyl (C=O) groups excluding carboxylic acids is 1. The highest BCUT2D eigenvalue weighted by Crippen LogP contribution is 2.40. The Kier molecular flexibility index (Phi) is 4.09. The maximum atomic E-state index is 11.0. The molecule has 0 aliphatic heterocycles. The molecule has 0 atom stereocenters. The molecule has 0 fully saturated rings. The summed E-state index contributed by atoms with van der Waals surface area (Å²) in [4.78, 5) is 20.5. The highest BCUT2D eigenvalue weighted by Gasteiger charge is 2.11. The standard InChI is InChI=1S/C11H8N6O/c1-12-8-5-7(16-17-11(18)15-4)6-9(13-2)10(8)14-3/h5-6,16H,4H3,(H2,15,17,18). The molecule has 0 bridgehead atoms. The van der Waals surface area contributed by atoms with Crippen molar-refractivity contribution < 1.29 is 4.79 Å². The molecular weight excluding hydrogens is 232 g/mol. The highest BCUT2D eigenvalue weighted by atomic mass is 16.2. The Hall–Kier alpha value is -3.24. The number of hydrazine groups is 1. The van der Waals surface area contributed by atoms with Crippen LogP contribution in [0.4, 0.5) is 27.5 Å². The van der Waals surface area contributed by atoms with Crippen molar-refractivity contribution in [2.24, 2.45) is 0 Å². The number of hydrogen-bond donors (Lipinski definition) is 3. The summed E-state index contributed by atoms with van der Waals surface area (Å²) in [6.07, 6.45) is 0. The molecule has 0 aliphatic rings. The van der Waals surface area contributed by atoms with Crippen molar-refractivity contribution in [1.82, 2.24) is 10.7 Å². The molecule has 0 saturated heterocycles. The Morgan fingerprint density at radius 3 is 2.06 bits per heavy atom. The topological polar surface area (TPSA) is 66.2 Å². The van der Waals surface area contributed by atoms with Crippen molar-refractivity contribution in [3.63, 3.8) is 0 Å². The largest absolute Gasteiger partial charge is 0.340 e. The number of nitrogens with zero attached hydrogens (tertiary/aromatic N) is 3. The van der Waals surface area contributed by atoms with E-state index in [4.69, 9.17) is 19.7 Å². The van der Waals surface area contributed by atoms with E-state index >= 15 is 0 Å². The lowest BCUT2D eigenvalue weighted by Gasteiger charge is -2.09. The van der Waals surface area contributed by atoms with E-state index < -0.39 is 6.03 Å². The van der Waals surface area contributed by atoms with Gasteiger partial charge in [-0.3, -0.25) is 25.4 Å². The second kappa shape index (κ2) is 5.74. The Morgan fingerprint density at radius 1 is 1.11 bits per heavy atom. The third kappa shape index (κ3) is 2.66. The normalized spacial score (nSPS) is 8.33. The van der Waals surface area contributed by atoms with Crippen LogP contribution < -0.4 is 16.2 Å². The summed E-state index contributed by atoms with van der Waals surface area (Å²) in [5, 5.41) is 2.33. The van der Waals surface area contributed by atoms with Crippen LogP contribution in [0.5, 0.6) is 0 Å². The minimum absolute atomic E-state index is 0.0190. The fourth-order valence-corrected chi connectivity index (χ4v) is 1.15. The first-order chi connectivity index (χ1) is 8.65. The van der Waals surface area contributed by atoms with Gasteiger partial charge in [-0.15, -0.1) is 0 Å². The molecule has 1 rings (SSSR count). The van der Waals surface area contributed by atoms with Gasteiger partial charge in [0.05, 0.1) is 19.7 Å². The minimum atomic E-state index is -0.460. The Bertz CT molecular complexity index is 566. The summed E-state index contributed by atoms with van der Waals surface area (Å²) in [5.74, 6) is 0. The first-order valence-corrected chi connectivity index (χ1v) is 4.70. The average molecular weight is 240 g/mol. The van der Waals surface area contributed by atoms with Gasteiger partial charge < -0.3 is 5.32 Å². The monoisotopic (exact) mass is 240 g/mol. The van der Waals surface area contributed by atoms with Crippen LogP contribution in [0.15, 0.2) is 12.1 Å².